The van der Waals surface area contributed by atoms with Crippen LogP contribution in [0.15, 0.2) is 29.6 Å². The van der Waals surface area contributed by atoms with Gasteiger partial charge in [0.2, 0.25) is 5.91 Å². The number of thiophene rings is 1. The van der Waals surface area contributed by atoms with Crippen molar-refractivity contribution in [1.29, 1.82) is 0 Å². The van der Waals surface area contributed by atoms with E-state index in [2.05, 4.69) is 5.32 Å². The Kier molecular flexibility index (Phi) is 5.00. The Morgan fingerprint density at radius 3 is 2.45 bits per heavy atom. The van der Waals surface area contributed by atoms with Crippen molar-refractivity contribution in [1.82, 2.24) is 0 Å². The van der Waals surface area contributed by atoms with Crippen molar-refractivity contribution in [3.05, 3.63) is 40.1 Å². The van der Waals surface area contributed by atoms with Crippen LogP contribution in [0.5, 0.6) is 11.5 Å². The highest BCUT2D eigenvalue weighted by molar-refractivity contribution is 7.10. The maximum atomic E-state index is 12.0. The molecule has 116 valence electrons. The molecule has 0 unspecified atom stereocenters. The van der Waals surface area contributed by atoms with Crippen molar-refractivity contribution in [3.63, 3.8) is 0 Å². The zero-order valence-electron chi connectivity index (χ0n) is 12.0. The maximum absolute atomic E-state index is 12.0. The largest absolute Gasteiger partial charge is 0.545 e. The molecule has 0 bridgehead atoms. The number of carbonyl (C=O) groups is 2. The molecule has 1 aromatic carbocycles. The molecule has 1 aromatic heterocycles. The number of aromatic carboxylic acids is 1. The first-order chi connectivity index (χ1) is 10.5. The number of carboxylic acids is 1. The molecule has 1 amide bonds. The highest BCUT2D eigenvalue weighted by Gasteiger charge is 2.14. The molecule has 1 heterocycles. The molecule has 1 N–H and O–H groups in total. The zero-order chi connectivity index (χ0) is 16.1. The lowest BCUT2D eigenvalue weighted by Crippen LogP contribution is -2.25. The van der Waals surface area contributed by atoms with E-state index in [1.54, 1.807) is 0 Å². The Morgan fingerprint density at radius 1 is 1.23 bits per heavy atom. The second-order valence-electron chi connectivity index (χ2n) is 4.34. The molecule has 0 aliphatic rings. The summed E-state index contributed by atoms with van der Waals surface area (Å²) in [5, 5.41) is 15.7. The van der Waals surface area contributed by atoms with E-state index in [0.29, 0.717) is 5.75 Å². The van der Waals surface area contributed by atoms with Crippen molar-refractivity contribution in [2.75, 3.05) is 19.5 Å². The van der Waals surface area contributed by atoms with Crippen molar-refractivity contribution < 1.29 is 24.2 Å². The van der Waals surface area contributed by atoms with Gasteiger partial charge in [0.1, 0.15) is 0 Å². The smallest absolute Gasteiger partial charge is 0.229 e. The molecule has 0 saturated heterocycles. The molecular weight excluding hydrogens is 306 g/mol. The number of rotatable bonds is 6. The van der Waals surface area contributed by atoms with Crippen LogP contribution in [0.1, 0.15) is 15.2 Å². The first kappa shape index (κ1) is 15.8. The van der Waals surface area contributed by atoms with E-state index < -0.39 is 5.97 Å². The summed E-state index contributed by atoms with van der Waals surface area (Å²) in [4.78, 5) is 24.1. The summed E-state index contributed by atoms with van der Waals surface area (Å²) >= 11 is 1.45. The van der Waals surface area contributed by atoms with Crippen molar-refractivity contribution in [2.45, 2.75) is 6.42 Å². The molecular formula is C15H14NO5S-. The molecule has 0 aliphatic heterocycles. The Bertz CT molecular complexity index is 681. The van der Waals surface area contributed by atoms with Gasteiger partial charge in [0.25, 0.3) is 0 Å². The van der Waals surface area contributed by atoms with Crippen LogP contribution < -0.4 is 19.9 Å². The fraction of sp³-hybridized carbons (Fsp3) is 0.200. The van der Waals surface area contributed by atoms with Crippen molar-refractivity contribution >= 4 is 28.9 Å². The summed E-state index contributed by atoms with van der Waals surface area (Å²) in [5.74, 6) is -1.17. The number of ether oxygens (including phenoxy) is 2. The number of anilines is 1. The van der Waals surface area contributed by atoms with Gasteiger partial charge in [-0.2, -0.15) is 0 Å². The number of benzene rings is 1. The molecule has 0 aliphatic carbocycles. The third-order valence-corrected chi connectivity index (χ3v) is 3.81. The second-order valence-corrected chi connectivity index (χ2v) is 5.38. The summed E-state index contributed by atoms with van der Waals surface area (Å²) in [5.41, 5.74) is -0.0589. The highest BCUT2D eigenvalue weighted by atomic mass is 32.1. The van der Waals surface area contributed by atoms with Gasteiger partial charge < -0.3 is 24.7 Å². The summed E-state index contributed by atoms with van der Waals surface area (Å²) < 4.78 is 10.2. The fourth-order valence-corrected chi connectivity index (χ4v) is 2.62. The van der Waals surface area contributed by atoms with Gasteiger partial charge in [-0.1, -0.05) is 6.07 Å². The van der Waals surface area contributed by atoms with Crippen LogP contribution in [-0.4, -0.2) is 26.1 Å². The third kappa shape index (κ3) is 3.56. The molecule has 0 radical (unpaired) electrons. The average molecular weight is 320 g/mol. The molecule has 6 nitrogen and oxygen atoms in total. The Hall–Kier alpha value is -2.54. The first-order valence-electron chi connectivity index (χ1n) is 6.34. The van der Waals surface area contributed by atoms with Crippen molar-refractivity contribution in [2.24, 2.45) is 0 Å². The van der Waals surface area contributed by atoms with Gasteiger partial charge in [-0.25, -0.2) is 0 Å². The standard InChI is InChI=1S/C15H15NO5S/c1-20-12-7-10(15(18)19)11(8-13(12)21-2)16-14(17)6-9-4-3-5-22-9/h3-5,7-8H,6H2,1-2H3,(H,16,17)(H,18,19)/p-1. The topological polar surface area (TPSA) is 87.7 Å². The van der Waals surface area contributed by atoms with Crippen LogP contribution in [-0.2, 0) is 11.2 Å². The number of hydrogen-bond donors (Lipinski definition) is 1. The minimum atomic E-state index is -1.41. The third-order valence-electron chi connectivity index (χ3n) is 2.93. The van der Waals surface area contributed by atoms with Crippen molar-refractivity contribution in [3.8, 4) is 11.5 Å². The maximum Gasteiger partial charge on any atom is 0.229 e. The zero-order valence-corrected chi connectivity index (χ0v) is 12.9. The fourth-order valence-electron chi connectivity index (χ4n) is 1.92. The van der Waals surface area contributed by atoms with Gasteiger partial charge in [0, 0.05) is 16.5 Å². The van der Waals surface area contributed by atoms with E-state index in [4.69, 9.17) is 9.47 Å². The Labute approximate surface area is 131 Å². The lowest BCUT2D eigenvalue weighted by Gasteiger charge is -2.16. The summed E-state index contributed by atoms with van der Waals surface area (Å²) in [7, 11) is 2.82. The first-order valence-corrected chi connectivity index (χ1v) is 7.22. The minimum absolute atomic E-state index is 0.110. The van der Waals surface area contributed by atoms with Crippen LogP contribution in [0.25, 0.3) is 0 Å². The molecule has 0 fully saturated rings. The van der Waals surface area contributed by atoms with Crippen LogP contribution in [0.3, 0.4) is 0 Å². The normalized spacial score (nSPS) is 10.1. The average Bonchev–Trinajstić information content (AvgIpc) is 2.99. The van der Waals surface area contributed by atoms with Gasteiger partial charge in [-0.15, -0.1) is 11.3 Å². The SMILES string of the molecule is COc1cc(NC(=O)Cc2cccs2)c(C(=O)[O-])cc1OC. The van der Waals surface area contributed by atoms with Gasteiger partial charge >= 0.3 is 0 Å². The number of carbonyl (C=O) groups excluding carboxylic acids is 2. The number of amides is 1. The van der Waals surface area contributed by atoms with Gasteiger partial charge in [0.15, 0.2) is 11.5 Å². The number of carboxylic acid groups (broad SMARTS) is 1. The monoisotopic (exact) mass is 320 g/mol. The van der Waals surface area contributed by atoms with E-state index >= 15 is 0 Å². The predicted octanol–water partition coefficient (Wildman–Crippen LogP) is 1.31. The second kappa shape index (κ2) is 6.95. The Morgan fingerprint density at radius 2 is 1.91 bits per heavy atom. The molecule has 7 heteroatoms. The minimum Gasteiger partial charge on any atom is -0.545 e. The highest BCUT2D eigenvalue weighted by Crippen LogP contribution is 2.33. The molecule has 0 atom stereocenters. The van der Waals surface area contributed by atoms with E-state index in [9.17, 15) is 14.7 Å². The predicted molar refractivity (Wildman–Crippen MR) is 80.5 cm³/mol. The van der Waals surface area contributed by atoms with Gasteiger partial charge in [-0.05, 0) is 17.5 Å². The number of nitrogens with one attached hydrogen (secondary N) is 1. The van der Waals surface area contributed by atoms with E-state index in [0.717, 1.165) is 4.88 Å². The lowest BCUT2D eigenvalue weighted by atomic mass is 10.1. The Balaban J connectivity index is 2.28. The van der Waals surface area contributed by atoms with Crippen LogP contribution in [0, 0.1) is 0 Å². The molecule has 2 aromatic rings. The lowest BCUT2D eigenvalue weighted by molar-refractivity contribution is -0.254. The van der Waals surface area contributed by atoms with Crippen LogP contribution >= 0.6 is 11.3 Å². The quantitative estimate of drug-likeness (QED) is 0.867. The van der Waals surface area contributed by atoms with Crippen LogP contribution in [0.2, 0.25) is 0 Å². The van der Waals surface area contributed by atoms with E-state index in [1.807, 2.05) is 17.5 Å². The van der Waals surface area contributed by atoms with Gasteiger partial charge in [-0.3, -0.25) is 4.79 Å². The molecule has 22 heavy (non-hydrogen) atoms. The molecule has 0 spiro atoms. The van der Waals surface area contributed by atoms with Crippen LogP contribution in [0.4, 0.5) is 5.69 Å². The summed E-state index contributed by atoms with van der Waals surface area (Å²) in [6.45, 7) is 0. The van der Waals surface area contributed by atoms with Gasteiger partial charge in [0.05, 0.1) is 32.3 Å². The molecule has 0 saturated carbocycles. The van der Waals surface area contributed by atoms with E-state index in [-0.39, 0.29) is 29.3 Å². The summed E-state index contributed by atoms with van der Waals surface area (Å²) in [6, 6.07) is 6.33. The molecule has 2 rings (SSSR count). The number of methoxy groups -OCH3 is 2. The number of hydrogen-bond acceptors (Lipinski definition) is 6. The van der Waals surface area contributed by atoms with E-state index in [1.165, 1.54) is 37.7 Å². The summed E-state index contributed by atoms with van der Waals surface area (Å²) in [6.07, 6.45) is 0.165.